The maximum atomic E-state index is 6.28. The lowest BCUT2D eigenvalue weighted by molar-refractivity contribution is 0.720. The summed E-state index contributed by atoms with van der Waals surface area (Å²) < 4.78 is 0.964. The lowest BCUT2D eigenvalue weighted by Gasteiger charge is -2.14. The molecule has 2 aromatic rings. The van der Waals surface area contributed by atoms with E-state index in [0.29, 0.717) is 10.9 Å². The summed E-state index contributed by atoms with van der Waals surface area (Å²) in [6.07, 6.45) is 0.811. The molecule has 0 bridgehead atoms. The highest BCUT2D eigenvalue weighted by molar-refractivity contribution is 9.10. The molecule has 0 saturated carbocycles. The molecule has 0 radical (unpaired) electrons. The van der Waals surface area contributed by atoms with E-state index in [-0.39, 0.29) is 6.04 Å². The van der Waals surface area contributed by atoms with Gasteiger partial charge in [-0.3, -0.25) is 0 Å². The highest BCUT2D eigenvalue weighted by Crippen LogP contribution is 2.25. The van der Waals surface area contributed by atoms with Crippen LogP contribution in [0.15, 0.2) is 46.9 Å². The summed E-state index contributed by atoms with van der Waals surface area (Å²) in [6, 6.07) is 14.5. The molecule has 2 N–H and O–H groups in total. The maximum absolute atomic E-state index is 6.28. The summed E-state index contributed by atoms with van der Waals surface area (Å²) in [5.74, 6) is 0.557. The van der Waals surface area contributed by atoms with Gasteiger partial charge in [0.15, 0.2) is 0 Å². The standard InChI is InChI=1S/C17H19BrClN/c1-11(2)13-5-3-12(4-6-13)7-17(20)14-8-15(18)10-16(19)9-14/h3-6,8-11,17H,7,20H2,1-2H3. The molecule has 0 heterocycles. The van der Waals surface area contributed by atoms with Gasteiger partial charge in [0.05, 0.1) is 0 Å². The fourth-order valence-corrected chi connectivity index (χ4v) is 3.09. The van der Waals surface area contributed by atoms with Crippen LogP contribution >= 0.6 is 27.5 Å². The first-order valence-electron chi connectivity index (χ1n) is 6.76. The fraction of sp³-hybridized carbons (Fsp3) is 0.294. The van der Waals surface area contributed by atoms with Gasteiger partial charge in [-0.2, -0.15) is 0 Å². The van der Waals surface area contributed by atoms with Crippen LogP contribution in [-0.2, 0) is 6.42 Å². The fourth-order valence-electron chi connectivity index (χ4n) is 2.20. The highest BCUT2D eigenvalue weighted by atomic mass is 79.9. The Morgan fingerprint density at radius 2 is 1.70 bits per heavy atom. The summed E-state index contributed by atoms with van der Waals surface area (Å²) in [7, 11) is 0. The Hall–Kier alpha value is -0.830. The normalized spacial score (nSPS) is 12.7. The molecular formula is C17H19BrClN. The van der Waals surface area contributed by atoms with E-state index in [1.54, 1.807) is 0 Å². The highest BCUT2D eigenvalue weighted by Gasteiger charge is 2.09. The number of nitrogens with two attached hydrogens (primary N) is 1. The molecule has 106 valence electrons. The molecule has 0 aromatic heterocycles. The summed E-state index contributed by atoms with van der Waals surface area (Å²) in [5, 5.41) is 0.708. The van der Waals surface area contributed by atoms with Crippen LogP contribution < -0.4 is 5.73 Å². The molecule has 0 aliphatic carbocycles. The molecule has 20 heavy (non-hydrogen) atoms. The lowest BCUT2D eigenvalue weighted by Crippen LogP contribution is -2.13. The first kappa shape index (κ1) is 15.6. The van der Waals surface area contributed by atoms with Crippen LogP contribution in [0.5, 0.6) is 0 Å². The molecule has 1 nitrogen and oxygen atoms in total. The third kappa shape index (κ3) is 4.08. The van der Waals surface area contributed by atoms with E-state index in [0.717, 1.165) is 16.5 Å². The van der Waals surface area contributed by atoms with Crippen LogP contribution in [0.25, 0.3) is 0 Å². The zero-order valence-electron chi connectivity index (χ0n) is 11.7. The third-order valence-corrected chi connectivity index (χ3v) is 4.09. The number of rotatable bonds is 4. The van der Waals surface area contributed by atoms with Crippen LogP contribution in [0, 0.1) is 0 Å². The van der Waals surface area contributed by atoms with Gasteiger partial charge in [0.2, 0.25) is 0 Å². The zero-order chi connectivity index (χ0) is 14.7. The van der Waals surface area contributed by atoms with E-state index in [9.17, 15) is 0 Å². The zero-order valence-corrected chi connectivity index (χ0v) is 14.1. The van der Waals surface area contributed by atoms with Gasteiger partial charge in [-0.1, -0.05) is 65.6 Å². The van der Waals surface area contributed by atoms with Gasteiger partial charge in [0, 0.05) is 15.5 Å². The van der Waals surface area contributed by atoms with Gasteiger partial charge in [-0.05, 0) is 47.2 Å². The third-order valence-electron chi connectivity index (χ3n) is 3.42. The maximum Gasteiger partial charge on any atom is 0.0420 e. The van der Waals surface area contributed by atoms with Crippen molar-refractivity contribution in [1.82, 2.24) is 0 Å². The Kier molecular flexibility index (Phi) is 5.25. The van der Waals surface area contributed by atoms with Gasteiger partial charge in [0.1, 0.15) is 0 Å². The predicted molar refractivity (Wildman–Crippen MR) is 90.3 cm³/mol. The second-order valence-electron chi connectivity index (χ2n) is 5.41. The molecule has 2 aromatic carbocycles. The van der Waals surface area contributed by atoms with Gasteiger partial charge >= 0.3 is 0 Å². The van der Waals surface area contributed by atoms with Crippen molar-refractivity contribution in [2.24, 2.45) is 5.73 Å². The first-order valence-corrected chi connectivity index (χ1v) is 7.93. The quantitative estimate of drug-likeness (QED) is 0.776. The van der Waals surface area contributed by atoms with Crippen molar-refractivity contribution in [1.29, 1.82) is 0 Å². The summed E-state index contributed by atoms with van der Waals surface area (Å²) in [6.45, 7) is 4.40. The van der Waals surface area contributed by atoms with Crippen molar-refractivity contribution in [3.63, 3.8) is 0 Å². The molecule has 2 rings (SSSR count). The van der Waals surface area contributed by atoms with Gasteiger partial charge in [-0.25, -0.2) is 0 Å². The van der Waals surface area contributed by atoms with Gasteiger partial charge < -0.3 is 5.73 Å². The van der Waals surface area contributed by atoms with Crippen molar-refractivity contribution < 1.29 is 0 Å². The molecular weight excluding hydrogens is 334 g/mol. The molecule has 0 amide bonds. The van der Waals surface area contributed by atoms with Crippen molar-refractivity contribution in [3.8, 4) is 0 Å². The molecule has 0 aliphatic rings. The molecule has 1 unspecified atom stereocenters. The second-order valence-corrected chi connectivity index (χ2v) is 6.76. The Bertz CT molecular complexity index is 558. The lowest BCUT2D eigenvalue weighted by atomic mass is 9.96. The van der Waals surface area contributed by atoms with E-state index in [1.165, 1.54) is 11.1 Å². The summed E-state index contributed by atoms with van der Waals surface area (Å²) in [4.78, 5) is 0. The molecule has 3 heteroatoms. The van der Waals surface area contributed by atoms with Crippen molar-refractivity contribution in [2.75, 3.05) is 0 Å². The molecule has 0 saturated heterocycles. The minimum Gasteiger partial charge on any atom is -0.324 e. The number of benzene rings is 2. The SMILES string of the molecule is CC(C)c1ccc(CC(N)c2cc(Cl)cc(Br)c2)cc1. The van der Waals surface area contributed by atoms with Crippen LogP contribution in [0.4, 0.5) is 0 Å². The number of hydrogen-bond acceptors (Lipinski definition) is 1. The molecule has 0 fully saturated rings. The predicted octanol–water partition coefficient (Wildman–Crippen LogP) is 5.47. The molecule has 0 aliphatic heterocycles. The first-order chi connectivity index (χ1) is 9.45. The van der Waals surface area contributed by atoms with E-state index in [1.807, 2.05) is 18.2 Å². The van der Waals surface area contributed by atoms with Crippen molar-refractivity contribution in [2.45, 2.75) is 32.2 Å². The Labute approximate surface area is 134 Å². The van der Waals surface area contributed by atoms with E-state index in [4.69, 9.17) is 17.3 Å². The van der Waals surface area contributed by atoms with Crippen molar-refractivity contribution >= 4 is 27.5 Å². The Balaban J connectivity index is 2.12. The average Bonchev–Trinajstić information content (AvgIpc) is 2.38. The van der Waals surface area contributed by atoms with E-state index >= 15 is 0 Å². The van der Waals surface area contributed by atoms with E-state index in [2.05, 4.69) is 54.0 Å². The number of halogens is 2. The summed E-state index contributed by atoms with van der Waals surface area (Å²) in [5.41, 5.74) is 9.94. The van der Waals surface area contributed by atoms with Gasteiger partial charge in [-0.15, -0.1) is 0 Å². The number of hydrogen-bond donors (Lipinski definition) is 1. The van der Waals surface area contributed by atoms with Crippen LogP contribution in [0.3, 0.4) is 0 Å². The van der Waals surface area contributed by atoms with Crippen LogP contribution in [0.2, 0.25) is 5.02 Å². The Morgan fingerprint density at radius 3 is 2.25 bits per heavy atom. The van der Waals surface area contributed by atoms with Crippen LogP contribution in [-0.4, -0.2) is 0 Å². The average molecular weight is 353 g/mol. The molecule has 0 spiro atoms. The van der Waals surface area contributed by atoms with Gasteiger partial charge in [0.25, 0.3) is 0 Å². The van der Waals surface area contributed by atoms with Crippen LogP contribution in [0.1, 0.15) is 42.5 Å². The topological polar surface area (TPSA) is 26.0 Å². The monoisotopic (exact) mass is 351 g/mol. The Morgan fingerprint density at radius 1 is 1.05 bits per heavy atom. The largest absolute Gasteiger partial charge is 0.324 e. The molecule has 1 atom stereocenters. The van der Waals surface area contributed by atoms with E-state index < -0.39 is 0 Å². The smallest absolute Gasteiger partial charge is 0.0420 e. The minimum absolute atomic E-state index is 0.0464. The second kappa shape index (κ2) is 6.75. The summed E-state index contributed by atoms with van der Waals surface area (Å²) >= 11 is 9.52. The minimum atomic E-state index is -0.0464. The van der Waals surface area contributed by atoms with Crippen molar-refractivity contribution in [3.05, 3.63) is 68.7 Å².